The lowest BCUT2D eigenvalue weighted by atomic mass is 10.1. The lowest BCUT2D eigenvalue weighted by molar-refractivity contribution is -0.117. The van der Waals surface area contributed by atoms with Crippen LogP contribution in [0.4, 0.5) is 5.69 Å². The van der Waals surface area contributed by atoms with E-state index in [2.05, 4.69) is 10.4 Å². The van der Waals surface area contributed by atoms with Gasteiger partial charge in [0.05, 0.1) is 11.1 Å². The van der Waals surface area contributed by atoms with Crippen LogP contribution in [0, 0.1) is 6.92 Å². The van der Waals surface area contributed by atoms with Gasteiger partial charge >= 0.3 is 0 Å². The van der Waals surface area contributed by atoms with Crippen molar-refractivity contribution in [1.82, 2.24) is 9.78 Å². The van der Waals surface area contributed by atoms with E-state index in [9.17, 15) is 9.59 Å². The Labute approximate surface area is 172 Å². The Morgan fingerprint density at radius 1 is 0.966 bits per heavy atom. The van der Waals surface area contributed by atoms with Crippen LogP contribution in [0.3, 0.4) is 0 Å². The van der Waals surface area contributed by atoms with E-state index < -0.39 is 0 Å². The molecule has 0 radical (unpaired) electrons. The Kier molecular flexibility index (Phi) is 5.14. The van der Waals surface area contributed by atoms with Gasteiger partial charge in [0.2, 0.25) is 5.91 Å². The van der Waals surface area contributed by atoms with Crippen LogP contribution in [0.15, 0.2) is 77.6 Å². The minimum absolute atomic E-state index is 0.182. The summed E-state index contributed by atoms with van der Waals surface area (Å²) in [7, 11) is 0. The van der Waals surface area contributed by atoms with Crippen LogP contribution >= 0.6 is 11.6 Å². The fourth-order valence-corrected chi connectivity index (χ4v) is 3.33. The number of hydrogen-bond donors (Lipinski definition) is 1. The number of nitrogens with zero attached hydrogens (tertiary/aromatic N) is 2. The Bertz CT molecular complexity index is 1260. The van der Waals surface area contributed by atoms with Crippen LogP contribution in [0.25, 0.3) is 22.0 Å². The quantitative estimate of drug-likeness (QED) is 0.538. The van der Waals surface area contributed by atoms with Gasteiger partial charge in [-0.2, -0.15) is 5.10 Å². The smallest absolute Gasteiger partial charge is 0.275 e. The molecule has 0 saturated heterocycles. The van der Waals surface area contributed by atoms with E-state index in [0.29, 0.717) is 21.8 Å². The summed E-state index contributed by atoms with van der Waals surface area (Å²) in [4.78, 5) is 25.5. The SMILES string of the molecule is Cc1ccccc1NC(=O)Cn1nc(-c2ccc(Cl)cc2)c2ccccc2c1=O. The molecule has 3 aromatic carbocycles. The standard InChI is InChI=1S/C23H18ClN3O2/c1-15-6-2-5-9-20(15)25-21(28)14-27-23(29)19-8-4-3-7-18(19)22(26-27)16-10-12-17(24)13-11-16/h2-13H,14H2,1H3,(H,25,28). The number of amides is 1. The zero-order valence-corrected chi connectivity index (χ0v) is 16.5. The molecule has 0 atom stereocenters. The summed E-state index contributed by atoms with van der Waals surface area (Å²) in [5.74, 6) is -0.314. The fraction of sp³-hybridized carbons (Fsp3) is 0.0870. The molecule has 0 bridgehead atoms. The largest absolute Gasteiger partial charge is 0.324 e. The average Bonchev–Trinajstić information content (AvgIpc) is 2.73. The topological polar surface area (TPSA) is 64.0 Å². The third-order valence-electron chi connectivity index (χ3n) is 4.70. The van der Waals surface area contributed by atoms with Gasteiger partial charge < -0.3 is 5.32 Å². The highest BCUT2D eigenvalue weighted by atomic mass is 35.5. The molecular formula is C23H18ClN3O2. The summed E-state index contributed by atoms with van der Waals surface area (Å²) in [6.07, 6.45) is 0. The van der Waals surface area contributed by atoms with Crippen molar-refractivity contribution in [1.29, 1.82) is 0 Å². The molecule has 5 nitrogen and oxygen atoms in total. The van der Waals surface area contributed by atoms with Crippen molar-refractivity contribution >= 4 is 34.0 Å². The maximum atomic E-state index is 12.9. The Balaban J connectivity index is 1.75. The molecule has 1 N–H and O–H groups in total. The van der Waals surface area contributed by atoms with Gasteiger partial charge in [0.25, 0.3) is 5.56 Å². The van der Waals surface area contributed by atoms with Crippen molar-refractivity contribution in [2.75, 3.05) is 5.32 Å². The molecule has 1 amide bonds. The molecule has 6 heteroatoms. The monoisotopic (exact) mass is 403 g/mol. The molecule has 0 fully saturated rings. The van der Waals surface area contributed by atoms with Crippen LogP contribution in [0.1, 0.15) is 5.56 Å². The summed E-state index contributed by atoms with van der Waals surface area (Å²) in [6.45, 7) is 1.73. The van der Waals surface area contributed by atoms with Crippen molar-refractivity contribution in [3.8, 4) is 11.3 Å². The fourth-order valence-electron chi connectivity index (χ4n) is 3.20. The van der Waals surface area contributed by atoms with Crippen molar-refractivity contribution in [2.45, 2.75) is 13.5 Å². The molecule has 144 valence electrons. The van der Waals surface area contributed by atoms with Crippen molar-refractivity contribution in [2.24, 2.45) is 0 Å². The highest BCUT2D eigenvalue weighted by Crippen LogP contribution is 2.25. The minimum atomic E-state index is -0.314. The van der Waals surface area contributed by atoms with Crippen molar-refractivity contribution in [3.05, 3.63) is 93.7 Å². The van der Waals surface area contributed by atoms with Crippen molar-refractivity contribution in [3.63, 3.8) is 0 Å². The van der Waals surface area contributed by atoms with E-state index in [1.54, 1.807) is 24.3 Å². The van der Waals surface area contributed by atoms with E-state index in [-0.39, 0.29) is 18.0 Å². The average molecular weight is 404 g/mol. The first-order chi connectivity index (χ1) is 14.0. The predicted molar refractivity (Wildman–Crippen MR) is 116 cm³/mol. The summed E-state index contributed by atoms with van der Waals surface area (Å²) in [6, 6.07) is 22.0. The van der Waals surface area contributed by atoms with Gasteiger partial charge in [0.1, 0.15) is 6.54 Å². The lowest BCUT2D eigenvalue weighted by Crippen LogP contribution is -2.30. The van der Waals surface area contributed by atoms with E-state index >= 15 is 0 Å². The van der Waals surface area contributed by atoms with E-state index in [1.165, 1.54) is 4.68 Å². The lowest BCUT2D eigenvalue weighted by Gasteiger charge is -2.12. The maximum absolute atomic E-state index is 12.9. The Morgan fingerprint density at radius 3 is 2.34 bits per heavy atom. The van der Waals surface area contributed by atoms with Gasteiger partial charge in [-0.25, -0.2) is 4.68 Å². The summed E-state index contributed by atoms with van der Waals surface area (Å²) >= 11 is 6.00. The Hall–Kier alpha value is -3.44. The Morgan fingerprint density at radius 2 is 1.62 bits per heavy atom. The number of para-hydroxylation sites is 1. The zero-order chi connectivity index (χ0) is 20.4. The van der Waals surface area contributed by atoms with Crippen LogP contribution in [-0.2, 0) is 11.3 Å². The number of aromatic nitrogens is 2. The molecule has 0 saturated carbocycles. The van der Waals surface area contributed by atoms with E-state index in [0.717, 1.165) is 16.5 Å². The van der Waals surface area contributed by atoms with Crippen molar-refractivity contribution < 1.29 is 4.79 Å². The molecule has 0 aliphatic carbocycles. The summed E-state index contributed by atoms with van der Waals surface area (Å²) in [5, 5.41) is 9.21. The van der Waals surface area contributed by atoms with Gasteiger partial charge in [-0.15, -0.1) is 0 Å². The molecule has 0 aliphatic rings. The second-order valence-corrected chi connectivity index (χ2v) is 7.16. The number of carbonyl (C=O) groups is 1. The summed E-state index contributed by atoms with van der Waals surface area (Å²) < 4.78 is 1.21. The molecule has 0 spiro atoms. The van der Waals surface area contributed by atoms with Gasteiger partial charge in [0, 0.05) is 21.7 Å². The van der Waals surface area contributed by atoms with Crippen LogP contribution in [-0.4, -0.2) is 15.7 Å². The van der Waals surface area contributed by atoms with Gasteiger partial charge in [-0.1, -0.05) is 60.1 Å². The van der Waals surface area contributed by atoms with Gasteiger partial charge in [0.15, 0.2) is 0 Å². The second-order valence-electron chi connectivity index (χ2n) is 6.73. The molecule has 29 heavy (non-hydrogen) atoms. The first-order valence-corrected chi connectivity index (χ1v) is 9.52. The predicted octanol–water partition coefficient (Wildman–Crippen LogP) is 4.66. The molecular weight excluding hydrogens is 386 g/mol. The molecule has 0 aliphatic heterocycles. The zero-order valence-electron chi connectivity index (χ0n) is 15.7. The van der Waals surface area contributed by atoms with Crippen LogP contribution in [0.2, 0.25) is 5.02 Å². The molecule has 1 aromatic heterocycles. The van der Waals surface area contributed by atoms with E-state index in [1.807, 2.05) is 55.5 Å². The number of rotatable bonds is 4. The first kappa shape index (κ1) is 18.9. The number of nitrogens with one attached hydrogen (secondary N) is 1. The highest BCUT2D eigenvalue weighted by Gasteiger charge is 2.14. The van der Waals surface area contributed by atoms with Crippen LogP contribution in [0.5, 0.6) is 0 Å². The molecule has 1 heterocycles. The first-order valence-electron chi connectivity index (χ1n) is 9.14. The van der Waals surface area contributed by atoms with E-state index in [4.69, 9.17) is 11.6 Å². The van der Waals surface area contributed by atoms with Gasteiger partial charge in [-0.3, -0.25) is 9.59 Å². The maximum Gasteiger partial charge on any atom is 0.275 e. The van der Waals surface area contributed by atoms with Crippen LogP contribution < -0.4 is 10.9 Å². The number of hydrogen-bond acceptors (Lipinski definition) is 3. The highest BCUT2D eigenvalue weighted by molar-refractivity contribution is 6.30. The number of fused-ring (bicyclic) bond motifs is 1. The normalized spacial score (nSPS) is 10.8. The number of benzene rings is 3. The molecule has 4 rings (SSSR count). The minimum Gasteiger partial charge on any atom is -0.324 e. The third kappa shape index (κ3) is 3.91. The van der Waals surface area contributed by atoms with Gasteiger partial charge in [-0.05, 0) is 36.8 Å². The molecule has 0 unspecified atom stereocenters. The number of halogens is 1. The number of carbonyl (C=O) groups excluding carboxylic acids is 1. The number of anilines is 1. The third-order valence-corrected chi connectivity index (χ3v) is 4.95. The number of aryl methyl sites for hydroxylation is 1. The second kappa shape index (κ2) is 7.89. The molecule has 4 aromatic rings. The summed E-state index contributed by atoms with van der Waals surface area (Å²) in [5.41, 5.74) is 2.79.